The first-order valence-corrected chi connectivity index (χ1v) is 5.68. The Kier molecular flexibility index (Phi) is 3.16. The maximum atomic E-state index is 10.5. The van der Waals surface area contributed by atoms with E-state index in [1.54, 1.807) is 0 Å². The average Bonchev–Trinajstić information content (AvgIpc) is 2.76. The Morgan fingerprint density at radius 3 is 2.67 bits per heavy atom. The van der Waals surface area contributed by atoms with Gasteiger partial charge in [-0.3, -0.25) is 9.69 Å². The maximum absolute atomic E-state index is 10.5. The zero-order valence-corrected chi connectivity index (χ0v) is 8.98. The maximum Gasteiger partial charge on any atom is 0.160 e. The number of aliphatic hydroxyl groups is 2. The zero-order chi connectivity index (χ0) is 10.8. The van der Waals surface area contributed by atoms with Gasteiger partial charge in [-0.05, 0) is 17.0 Å². The third-order valence-electron chi connectivity index (χ3n) is 2.53. The Morgan fingerprint density at radius 1 is 1.47 bits per heavy atom. The Balaban J connectivity index is 1.95. The molecule has 15 heavy (non-hydrogen) atoms. The molecular weight excluding hydrogens is 214 g/mol. The summed E-state index contributed by atoms with van der Waals surface area (Å²) in [4.78, 5) is 13.2. The van der Waals surface area contributed by atoms with Crippen LogP contribution in [0.1, 0.15) is 15.2 Å². The number of β-amino-alcohol motifs (C(OH)–C–C–N with tert-alkyl or cyclic N) is 2. The molecule has 2 rings (SSSR count). The number of aliphatic hydroxyl groups excluding tert-OH is 2. The summed E-state index contributed by atoms with van der Waals surface area (Å²) in [5.41, 5.74) is 1.06. The van der Waals surface area contributed by atoms with Crippen molar-refractivity contribution in [1.82, 2.24) is 4.90 Å². The van der Waals surface area contributed by atoms with Crippen molar-refractivity contribution in [1.29, 1.82) is 0 Å². The smallest absolute Gasteiger partial charge is 0.160 e. The lowest BCUT2D eigenvalue weighted by Crippen LogP contribution is -2.22. The minimum atomic E-state index is -0.644. The van der Waals surface area contributed by atoms with Gasteiger partial charge in [-0.1, -0.05) is 0 Å². The molecule has 1 aliphatic heterocycles. The first-order valence-electron chi connectivity index (χ1n) is 4.80. The van der Waals surface area contributed by atoms with Crippen LogP contribution >= 0.6 is 11.3 Å². The Morgan fingerprint density at radius 2 is 2.13 bits per heavy atom. The molecule has 0 bridgehead atoms. The van der Waals surface area contributed by atoms with E-state index >= 15 is 0 Å². The SMILES string of the molecule is O=Cc1cc(CN2CC(O)C(O)C2)cs1. The van der Waals surface area contributed by atoms with E-state index in [1.165, 1.54) is 11.3 Å². The van der Waals surface area contributed by atoms with Crippen LogP contribution in [0.2, 0.25) is 0 Å². The van der Waals surface area contributed by atoms with E-state index in [0.717, 1.165) is 11.8 Å². The largest absolute Gasteiger partial charge is 0.389 e. The van der Waals surface area contributed by atoms with E-state index in [-0.39, 0.29) is 0 Å². The van der Waals surface area contributed by atoms with Crippen LogP contribution in [0.4, 0.5) is 0 Å². The topological polar surface area (TPSA) is 60.8 Å². The lowest BCUT2D eigenvalue weighted by molar-refractivity contribution is 0.0572. The summed E-state index contributed by atoms with van der Waals surface area (Å²) in [6.45, 7) is 1.67. The van der Waals surface area contributed by atoms with Crippen molar-refractivity contribution < 1.29 is 15.0 Å². The molecule has 2 N–H and O–H groups in total. The van der Waals surface area contributed by atoms with Crippen LogP contribution in [0.3, 0.4) is 0 Å². The summed E-state index contributed by atoms with van der Waals surface area (Å²) in [5.74, 6) is 0. The zero-order valence-electron chi connectivity index (χ0n) is 8.17. The van der Waals surface area contributed by atoms with Crippen LogP contribution in [-0.4, -0.2) is 46.7 Å². The van der Waals surface area contributed by atoms with Crippen molar-refractivity contribution in [3.05, 3.63) is 21.9 Å². The van der Waals surface area contributed by atoms with Gasteiger partial charge in [0.25, 0.3) is 0 Å². The summed E-state index contributed by atoms with van der Waals surface area (Å²) >= 11 is 1.41. The molecule has 1 aromatic rings. The first-order chi connectivity index (χ1) is 7.19. The highest BCUT2D eigenvalue weighted by molar-refractivity contribution is 7.11. The van der Waals surface area contributed by atoms with Gasteiger partial charge >= 0.3 is 0 Å². The minimum Gasteiger partial charge on any atom is -0.389 e. The number of likely N-dealkylation sites (tertiary alicyclic amines) is 1. The molecule has 2 unspecified atom stereocenters. The fourth-order valence-corrected chi connectivity index (χ4v) is 2.48. The molecule has 5 heteroatoms. The number of hydrogen-bond acceptors (Lipinski definition) is 5. The molecule has 1 aliphatic rings. The molecule has 0 saturated carbocycles. The van der Waals surface area contributed by atoms with Gasteiger partial charge < -0.3 is 10.2 Å². The van der Waals surface area contributed by atoms with Crippen LogP contribution in [-0.2, 0) is 6.54 Å². The molecular formula is C10H13NO3S. The monoisotopic (exact) mass is 227 g/mol. The van der Waals surface area contributed by atoms with Gasteiger partial charge in [0.2, 0.25) is 0 Å². The lowest BCUT2D eigenvalue weighted by atomic mass is 10.3. The minimum absolute atomic E-state index is 0.493. The molecule has 2 heterocycles. The normalized spacial score (nSPS) is 27.1. The molecule has 0 amide bonds. The molecule has 0 aromatic carbocycles. The van der Waals surface area contributed by atoms with Gasteiger partial charge in [-0.2, -0.15) is 0 Å². The summed E-state index contributed by atoms with van der Waals surface area (Å²) < 4.78 is 0. The number of carbonyl (C=O) groups excluding carboxylic acids is 1. The van der Waals surface area contributed by atoms with Crippen LogP contribution in [0.15, 0.2) is 11.4 Å². The summed E-state index contributed by atoms with van der Waals surface area (Å²) in [5, 5.41) is 20.6. The highest BCUT2D eigenvalue weighted by Crippen LogP contribution is 2.18. The van der Waals surface area contributed by atoms with Gasteiger partial charge in [-0.25, -0.2) is 0 Å². The summed E-state index contributed by atoms with van der Waals surface area (Å²) in [6.07, 6.45) is -0.453. The summed E-state index contributed by atoms with van der Waals surface area (Å²) in [6, 6.07) is 1.84. The highest BCUT2D eigenvalue weighted by atomic mass is 32.1. The molecule has 1 fully saturated rings. The Labute approximate surface area is 91.8 Å². The number of aldehydes is 1. The summed E-state index contributed by atoms with van der Waals surface area (Å²) in [7, 11) is 0. The predicted octanol–water partition coefficient (Wildman–Crippen LogP) is 0.0980. The molecule has 1 aromatic heterocycles. The van der Waals surface area contributed by atoms with E-state index in [0.29, 0.717) is 24.5 Å². The molecule has 2 atom stereocenters. The van der Waals surface area contributed by atoms with Gasteiger partial charge in [0.1, 0.15) is 0 Å². The highest BCUT2D eigenvalue weighted by Gasteiger charge is 2.29. The van der Waals surface area contributed by atoms with Crippen LogP contribution in [0, 0.1) is 0 Å². The van der Waals surface area contributed by atoms with Gasteiger partial charge in [0, 0.05) is 19.6 Å². The average molecular weight is 227 g/mol. The second kappa shape index (κ2) is 4.40. The second-order valence-electron chi connectivity index (χ2n) is 3.80. The van der Waals surface area contributed by atoms with Crippen molar-refractivity contribution in [2.45, 2.75) is 18.8 Å². The van der Waals surface area contributed by atoms with Crippen molar-refractivity contribution >= 4 is 17.6 Å². The number of rotatable bonds is 3. The molecule has 4 nitrogen and oxygen atoms in total. The van der Waals surface area contributed by atoms with E-state index < -0.39 is 12.2 Å². The molecule has 0 spiro atoms. The van der Waals surface area contributed by atoms with Crippen molar-refractivity contribution in [2.75, 3.05) is 13.1 Å². The van der Waals surface area contributed by atoms with Gasteiger partial charge in [0.15, 0.2) is 6.29 Å². The van der Waals surface area contributed by atoms with Crippen molar-refractivity contribution in [3.8, 4) is 0 Å². The van der Waals surface area contributed by atoms with Gasteiger partial charge in [-0.15, -0.1) is 11.3 Å². The molecule has 0 aliphatic carbocycles. The van der Waals surface area contributed by atoms with Crippen LogP contribution < -0.4 is 0 Å². The fraction of sp³-hybridized carbons (Fsp3) is 0.500. The quantitative estimate of drug-likeness (QED) is 0.719. The third-order valence-corrected chi connectivity index (χ3v) is 3.44. The van der Waals surface area contributed by atoms with Gasteiger partial charge in [0.05, 0.1) is 17.1 Å². The van der Waals surface area contributed by atoms with Crippen molar-refractivity contribution in [2.24, 2.45) is 0 Å². The van der Waals surface area contributed by atoms with E-state index in [1.807, 2.05) is 16.3 Å². The van der Waals surface area contributed by atoms with Crippen LogP contribution in [0.5, 0.6) is 0 Å². The Bertz CT molecular complexity index is 342. The fourth-order valence-electron chi connectivity index (χ4n) is 1.77. The molecule has 0 radical (unpaired) electrons. The number of hydrogen-bond donors (Lipinski definition) is 2. The standard InChI is InChI=1S/C10H13NO3S/c12-5-8-1-7(6-15-8)2-11-3-9(13)10(14)4-11/h1,5-6,9-10,13-14H,2-4H2. The molecule has 82 valence electrons. The molecule has 1 saturated heterocycles. The van der Waals surface area contributed by atoms with E-state index in [2.05, 4.69) is 0 Å². The number of nitrogens with zero attached hydrogens (tertiary/aromatic N) is 1. The van der Waals surface area contributed by atoms with Crippen molar-refractivity contribution in [3.63, 3.8) is 0 Å². The predicted molar refractivity (Wildman–Crippen MR) is 57.0 cm³/mol. The lowest BCUT2D eigenvalue weighted by Gasteiger charge is -2.12. The number of thiophene rings is 1. The first kappa shape index (κ1) is 10.8. The third kappa shape index (κ3) is 2.43. The van der Waals surface area contributed by atoms with E-state index in [9.17, 15) is 15.0 Å². The number of carbonyl (C=O) groups is 1. The van der Waals surface area contributed by atoms with E-state index in [4.69, 9.17) is 0 Å². The van der Waals surface area contributed by atoms with Crippen LogP contribution in [0.25, 0.3) is 0 Å². The Hall–Kier alpha value is -0.750. The second-order valence-corrected chi connectivity index (χ2v) is 4.75.